The summed E-state index contributed by atoms with van der Waals surface area (Å²) >= 11 is 7.13. The average Bonchev–Trinajstić information content (AvgIpc) is 2.64. The van der Waals surface area contributed by atoms with Gasteiger partial charge in [-0.25, -0.2) is 0 Å². The van der Waals surface area contributed by atoms with Crippen molar-refractivity contribution in [2.45, 2.75) is 6.04 Å². The highest BCUT2D eigenvalue weighted by atomic mass is 35.5. The number of thiophene rings is 1. The van der Waals surface area contributed by atoms with Gasteiger partial charge in [0.15, 0.2) is 0 Å². The van der Waals surface area contributed by atoms with Crippen LogP contribution in [0.1, 0.15) is 0 Å². The summed E-state index contributed by atoms with van der Waals surface area (Å²) in [5.41, 5.74) is 0. The quantitative estimate of drug-likeness (QED) is 0.852. The van der Waals surface area contributed by atoms with Gasteiger partial charge in [0, 0.05) is 0 Å². The Morgan fingerprint density at radius 3 is 3.07 bits per heavy atom. The summed E-state index contributed by atoms with van der Waals surface area (Å²) < 4.78 is 5.69. The Balaban J connectivity index is 2.26. The fraction of sp³-hybridized carbons (Fsp3) is 0.444. The summed E-state index contributed by atoms with van der Waals surface area (Å²) in [6.45, 7) is 0.311. The van der Waals surface area contributed by atoms with Crippen molar-refractivity contribution in [2.24, 2.45) is 0 Å². The fourth-order valence-corrected chi connectivity index (χ4v) is 2.62. The first-order chi connectivity index (χ1) is 7.22. The highest BCUT2D eigenvalue weighted by Crippen LogP contribution is 2.31. The second kappa shape index (κ2) is 4.49. The lowest BCUT2D eigenvalue weighted by molar-refractivity contribution is -0.128. The van der Waals surface area contributed by atoms with Crippen molar-refractivity contribution in [3.63, 3.8) is 0 Å². The highest BCUT2D eigenvalue weighted by molar-refractivity contribution is 7.20. The van der Waals surface area contributed by atoms with Crippen LogP contribution in [0.2, 0.25) is 4.34 Å². The predicted octanol–water partition coefficient (Wildman–Crippen LogP) is 1.13. The van der Waals surface area contributed by atoms with Gasteiger partial charge in [-0.1, -0.05) is 11.6 Å². The van der Waals surface area contributed by atoms with Crippen LogP contribution >= 0.6 is 22.9 Å². The first-order valence-electron chi connectivity index (χ1n) is 4.48. The molecule has 0 aliphatic carbocycles. The van der Waals surface area contributed by atoms with E-state index in [9.17, 15) is 4.79 Å². The molecule has 6 heteroatoms. The van der Waals surface area contributed by atoms with Gasteiger partial charge < -0.3 is 9.84 Å². The summed E-state index contributed by atoms with van der Waals surface area (Å²) in [4.78, 5) is 13.2. The van der Waals surface area contributed by atoms with E-state index < -0.39 is 0 Å². The number of amides is 1. The summed E-state index contributed by atoms with van der Waals surface area (Å²) in [5.74, 6) is -0.140. The van der Waals surface area contributed by atoms with Crippen LogP contribution < -0.4 is 4.90 Å². The zero-order valence-electron chi connectivity index (χ0n) is 7.85. The number of hydrogen-bond donors (Lipinski definition) is 1. The van der Waals surface area contributed by atoms with Crippen LogP contribution in [0.5, 0.6) is 0 Å². The number of morpholine rings is 1. The second-order valence-electron chi connectivity index (χ2n) is 3.19. The van der Waals surface area contributed by atoms with Crippen LogP contribution in [-0.4, -0.2) is 36.9 Å². The van der Waals surface area contributed by atoms with E-state index in [-0.39, 0.29) is 25.2 Å². The Hall–Kier alpha value is -0.620. The van der Waals surface area contributed by atoms with Gasteiger partial charge in [-0.2, -0.15) is 0 Å². The first-order valence-corrected chi connectivity index (χ1v) is 5.68. The van der Waals surface area contributed by atoms with Gasteiger partial charge in [0.1, 0.15) is 6.61 Å². The molecule has 1 aliphatic rings. The Morgan fingerprint density at radius 2 is 2.47 bits per heavy atom. The van der Waals surface area contributed by atoms with E-state index >= 15 is 0 Å². The van der Waals surface area contributed by atoms with Gasteiger partial charge in [-0.15, -0.1) is 11.3 Å². The standard InChI is InChI=1S/C9H10ClNO3S/c10-7-1-2-9(15-7)11-6(3-12)4-14-5-8(11)13/h1-2,6,12H,3-5H2. The van der Waals surface area contributed by atoms with Gasteiger partial charge in [-0.05, 0) is 12.1 Å². The Morgan fingerprint density at radius 1 is 1.67 bits per heavy atom. The number of anilines is 1. The molecule has 1 amide bonds. The normalized spacial score (nSPS) is 22.1. The molecule has 1 aromatic rings. The molecular weight excluding hydrogens is 238 g/mol. The van der Waals surface area contributed by atoms with Gasteiger partial charge in [-0.3, -0.25) is 9.69 Å². The summed E-state index contributed by atoms with van der Waals surface area (Å²) in [7, 11) is 0. The molecule has 1 fully saturated rings. The van der Waals surface area contributed by atoms with Crippen molar-refractivity contribution in [2.75, 3.05) is 24.7 Å². The maximum atomic E-state index is 11.6. The third kappa shape index (κ3) is 2.15. The molecule has 0 spiro atoms. The zero-order chi connectivity index (χ0) is 10.8. The molecule has 1 unspecified atom stereocenters. The smallest absolute Gasteiger partial charge is 0.254 e. The van der Waals surface area contributed by atoms with Gasteiger partial charge in [0.25, 0.3) is 5.91 Å². The second-order valence-corrected chi connectivity index (χ2v) is 4.89. The molecule has 0 saturated carbocycles. The van der Waals surface area contributed by atoms with E-state index in [1.807, 2.05) is 0 Å². The van der Waals surface area contributed by atoms with Crippen LogP contribution in [0.3, 0.4) is 0 Å². The third-order valence-electron chi connectivity index (χ3n) is 2.18. The van der Waals surface area contributed by atoms with Crippen LogP contribution in [0.4, 0.5) is 5.00 Å². The lowest BCUT2D eigenvalue weighted by atomic mass is 10.2. The monoisotopic (exact) mass is 247 g/mol. The van der Waals surface area contributed by atoms with Crippen LogP contribution in [0, 0.1) is 0 Å². The number of nitrogens with zero attached hydrogens (tertiary/aromatic N) is 1. The van der Waals surface area contributed by atoms with E-state index in [1.165, 1.54) is 11.3 Å². The number of aliphatic hydroxyl groups is 1. The van der Waals surface area contributed by atoms with Crippen molar-refractivity contribution in [1.82, 2.24) is 0 Å². The van der Waals surface area contributed by atoms with Crippen LogP contribution in [-0.2, 0) is 9.53 Å². The number of rotatable bonds is 2. The Kier molecular flexibility index (Phi) is 3.25. The van der Waals surface area contributed by atoms with Crippen molar-refractivity contribution in [3.05, 3.63) is 16.5 Å². The van der Waals surface area contributed by atoms with Gasteiger partial charge in [0.05, 0.1) is 28.6 Å². The molecule has 1 aliphatic heterocycles. The maximum absolute atomic E-state index is 11.6. The van der Waals surface area contributed by atoms with Crippen LogP contribution in [0.25, 0.3) is 0 Å². The molecule has 0 aromatic carbocycles. The van der Waals surface area contributed by atoms with E-state index in [0.29, 0.717) is 10.9 Å². The lowest BCUT2D eigenvalue weighted by Gasteiger charge is -2.33. The number of carbonyl (C=O) groups is 1. The van der Waals surface area contributed by atoms with E-state index in [1.54, 1.807) is 17.0 Å². The minimum absolute atomic E-state index is 0.0615. The predicted molar refractivity (Wildman–Crippen MR) is 58.5 cm³/mol. The third-order valence-corrected chi connectivity index (χ3v) is 3.41. The van der Waals surface area contributed by atoms with Gasteiger partial charge >= 0.3 is 0 Å². The fourth-order valence-electron chi connectivity index (χ4n) is 1.50. The van der Waals surface area contributed by atoms with Crippen molar-refractivity contribution < 1.29 is 14.6 Å². The highest BCUT2D eigenvalue weighted by Gasteiger charge is 2.30. The topological polar surface area (TPSA) is 49.8 Å². The molecular formula is C9H10ClNO3S. The largest absolute Gasteiger partial charge is 0.394 e. The molecule has 2 rings (SSSR count). The van der Waals surface area contributed by atoms with Crippen molar-refractivity contribution in [1.29, 1.82) is 0 Å². The molecule has 1 aromatic heterocycles. The van der Waals surface area contributed by atoms with E-state index in [2.05, 4.69) is 0 Å². The molecule has 4 nitrogen and oxygen atoms in total. The van der Waals surface area contributed by atoms with E-state index in [4.69, 9.17) is 21.4 Å². The lowest BCUT2D eigenvalue weighted by Crippen LogP contribution is -2.51. The molecule has 2 heterocycles. The molecule has 15 heavy (non-hydrogen) atoms. The molecule has 1 atom stereocenters. The molecule has 82 valence electrons. The summed E-state index contributed by atoms with van der Waals surface area (Å²) in [6.07, 6.45) is 0. The number of halogens is 1. The average molecular weight is 248 g/mol. The number of hydrogen-bond acceptors (Lipinski definition) is 4. The molecule has 0 bridgehead atoms. The molecule has 1 saturated heterocycles. The zero-order valence-corrected chi connectivity index (χ0v) is 9.42. The SMILES string of the molecule is O=C1COCC(CO)N1c1ccc(Cl)s1. The first kappa shape index (κ1) is 10.9. The minimum atomic E-state index is -0.305. The van der Waals surface area contributed by atoms with Crippen molar-refractivity contribution in [3.8, 4) is 0 Å². The Bertz CT molecular complexity index is 368. The number of carbonyl (C=O) groups excluding carboxylic acids is 1. The number of ether oxygens (including phenoxy) is 1. The van der Waals surface area contributed by atoms with Crippen molar-refractivity contribution >= 4 is 33.8 Å². The number of aliphatic hydroxyl groups excluding tert-OH is 1. The summed E-state index contributed by atoms with van der Waals surface area (Å²) in [5, 5.41) is 9.90. The molecule has 0 radical (unpaired) electrons. The summed E-state index contributed by atoms with van der Waals surface area (Å²) in [6, 6.07) is 3.21. The minimum Gasteiger partial charge on any atom is -0.394 e. The Labute approximate surface area is 96.0 Å². The van der Waals surface area contributed by atoms with Crippen LogP contribution in [0.15, 0.2) is 12.1 Å². The molecule has 1 N–H and O–H groups in total. The van der Waals surface area contributed by atoms with E-state index in [0.717, 1.165) is 5.00 Å². The van der Waals surface area contributed by atoms with Gasteiger partial charge in [0.2, 0.25) is 0 Å². The maximum Gasteiger partial charge on any atom is 0.254 e.